The molecule has 0 fully saturated rings. The topological polar surface area (TPSA) is 57.0 Å². The first-order valence-corrected chi connectivity index (χ1v) is 7.17. The Labute approximate surface area is 125 Å². The van der Waals surface area contributed by atoms with Crippen molar-refractivity contribution in [2.24, 2.45) is 0 Å². The first kappa shape index (κ1) is 13.5. The molecule has 0 saturated heterocycles. The highest BCUT2D eigenvalue weighted by atomic mass is 32.1. The highest BCUT2D eigenvalue weighted by Crippen LogP contribution is 2.28. The van der Waals surface area contributed by atoms with Crippen LogP contribution in [0.25, 0.3) is 16.3 Å². The summed E-state index contributed by atoms with van der Waals surface area (Å²) in [6.07, 6.45) is 3.64. The molecule has 0 radical (unpaired) electrons. The number of hydrogen-bond acceptors (Lipinski definition) is 5. The van der Waals surface area contributed by atoms with Crippen LogP contribution in [0.2, 0.25) is 0 Å². The van der Waals surface area contributed by atoms with Gasteiger partial charge in [-0.25, -0.2) is 14.5 Å². The van der Waals surface area contributed by atoms with Crippen LogP contribution >= 0.6 is 11.3 Å². The van der Waals surface area contributed by atoms with Crippen molar-refractivity contribution in [3.63, 3.8) is 0 Å². The molecule has 0 aliphatic heterocycles. The summed E-state index contributed by atoms with van der Waals surface area (Å²) < 4.78 is 6.53. The SMILES string of the molecule is COC(=O)c1sc(-c2cnn(-c3ccccc3)c2)nc1C. The Hall–Kier alpha value is -2.47. The van der Waals surface area contributed by atoms with Crippen molar-refractivity contribution in [1.82, 2.24) is 14.8 Å². The van der Waals surface area contributed by atoms with E-state index >= 15 is 0 Å². The van der Waals surface area contributed by atoms with E-state index in [-0.39, 0.29) is 5.97 Å². The predicted octanol–water partition coefficient (Wildman–Crippen LogP) is 3.09. The van der Waals surface area contributed by atoms with Crippen LogP contribution in [-0.2, 0) is 4.74 Å². The Morgan fingerprint density at radius 3 is 2.76 bits per heavy atom. The number of carbonyl (C=O) groups is 1. The second-order valence-corrected chi connectivity index (χ2v) is 5.43. The second-order valence-electron chi connectivity index (χ2n) is 4.43. The molecule has 0 aliphatic rings. The molecule has 0 spiro atoms. The van der Waals surface area contributed by atoms with Gasteiger partial charge >= 0.3 is 5.97 Å². The third-order valence-corrected chi connectivity index (χ3v) is 4.20. The molecule has 0 aliphatic carbocycles. The zero-order chi connectivity index (χ0) is 14.8. The van der Waals surface area contributed by atoms with Crippen LogP contribution in [0.5, 0.6) is 0 Å². The summed E-state index contributed by atoms with van der Waals surface area (Å²) in [7, 11) is 1.37. The molecule has 0 N–H and O–H groups in total. The fraction of sp³-hybridized carbons (Fsp3) is 0.133. The van der Waals surface area contributed by atoms with Gasteiger partial charge in [0.25, 0.3) is 0 Å². The number of benzene rings is 1. The average molecular weight is 299 g/mol. The molecular formula is C15H13N3O2S. The van der Waals surface area contributed by atoms with Crippen LogP contribution in [0.4, 0.5) is 0 Å². The normalized spacial score (nSPS) is 10.6. The van der Waals surface area contributed by atoms with E-state index in [1.54, 1.807) is 17.8 Å². The first-order chi connectivity index (χ1) is 10.2. The van der Waals surface area contributed by atoms with E-state index in [0.29, 0.717) is 10.6 Å². The lowest BCUT2D eigenvalue weighted by atomic mass is 10.3. The van der Waals surface area contributed by atoms with Crippen molar-refractivity contribution in [1.29, 1.82) is 0 Å². The third kappa shape index (κ3) is 2.57. The molecule has 106 valence electrons. The molecule has 0 bridgehead atoms. The molecule has 3 aromatic rings. The van der Waals surface area contributed by atoms with Gasteiger partial charge in [-0.3, -0.25) is 0 Å². The van der Waals surface area contributed by atoms with E-state index in [4.69, 9.17) is 4.74 Å². The monoisotopic (exact) mass is 299 g/mol. The van der Waals surface area contributed by atoms with E-state index in [1.165, 1.54) is 18.4 Å². The molecule has 21 heavy (non-hydrogen) atoms. The standard InChI is InChI=1S/C15H13N3O2S/c1-10-13(15(19)20-2)21-14(17-10)11-8-16-18(9-11)12-6-4-3-5-7-12/h3-9H,1-2H3. The minimum atomic E-state index is -0.355. The molecule has 2 aromatic heterocycles. The highest BCUT2D eigenvalue weighted by Gasteiger charge is 2.17. The lowest BCUT2D eigenvalue weighted by molar-refractivity contribution is 0.0605. The van der Waals surface area contributed by atoms with Crippen molar-refractivity contribution in [3.05, 3.63) is 53.3 Å². The largest absolute Gasteiger partial charge is 0.465 e. The number of esters is 1. The summed E-state index contributed by atoms with van der Waals surface area (Å²) in [5, 5.41) is 5.09. The van der Waals surface area contributed by atoms with E-state index in [2.05, 4.69) is 10.1 Å². The Morgan fingerprint density at radius 1 is 1.29 bits per heavy atom. The van der Waals surface area contributed by atoms with E-state index < -0.39 is 0 Å². The van der Waals surface area contributed by atoms with Gasteiger partial charge in [-0.2, -0.15) is 5.10 Å². The molecule has 3 rings (SSSR count). The number of nitrogens with zero attached hydrogens (tertiary/aromatic N) is 3. The zero-order valence-electron chi connectivity index (χ0n) is 11.6. The van der Waals surface area contributed by atoms with Gasteiger partial charge in [-0.05, 0) is 19.1 Å². The molecular weight excluding hydrogens is 286 g/mol. The number of carbonyl (C=O) groups excluding carboxylic acids is 1. The van der Waals surface area contributed by atoms with Crippen molar-refractivity contribution in [3.8, 4) is 16.3 Å². The fourth-order valence-corrected chi connectivity index (χ4v) is 2.92. The van der Waals surface area contributed by atoms with Crippen LogP contribution in [0, 0.1) is 6.92 Å². The molecule has 1 aromatic carbocycles. The van der Waals surface area contributed by atoms with Gasteiger partial charge in [0.05, 0.1) is 24.7 Å². The van der Waals surface area contributed by atoms with Gasteiger partial charge in [0, 0.05) is 11.8 Å². The molecule has 5 nitrogen and oxygen atoms in total. The summed E-state index contributed by atoms with van der Waals surface area (Å²) in [4.78, 5) is 16.6. The smallest absolute Gasteiger partial charge is 0.349 e. The maximum Gasteiger partial charge on any atom is 0.349 e. The molecule has 0 amide bonds. The average Bonchev–Trinajstić information content (AvgIpc) is 3.14. The van der Waals surface area contributed by atoms with Crippen LogP contribution in [0.1, 0.15) is 15.4 Å². The molecule has 0 unspecified atom stereocenters. The lowest BCUT2D eigenvalue weighted by Gasteiger charge is -1.98. The minimum Gasteiger partial charge on any atom is -0.465 e. The molecule has 2 heterocycles. The van der Waals surface area contributed by atoms with Crippen molar-refractivity contribution in [2.75, 3.05) is 7.11 Å². The molecule has 0 atom stereocenters. The van der Waals surface area contributed by atoms with Crippen LogP contribution in [-0.4, -0.2) is 27.8 Å². The Bertz CT molecular complexity index is 777. The zero-order valence-corrected chi connectivity index (χ0v) is 12.4. The summed E-state index contributed by atoms with van der Waals surface area (Å²) in [6.45, 7) is 1.80. The van der Waals surface area contributed by atoms with E-state index in [1.807, 2.05) is 36.5 Å². The minimum absolute atomic E-state index is 0.355. The highest BCUT2D eigenvalue weighted by molar-refractivity contribution is 7.17. The second kappa shape index (κ2) is 5.49. The number of para-hydroxylation sites is 1. The first-order valence-electron chi connectivity index (χ1n) is 6.35. The summed E-state index contributed by atoms with van der Waals surface area (Å²) in [6, 6.07) is 9.83. The van der Waals surface area contributed by atoms with Crippen molar-refractivity contribution < 1.29 is 9.53 Å². The number of thiazole rings is 1. The van der Waals surface area contributed by atoms with Gasteiger partial charge in [-0.15, -0.1) is 11.3 Å². The number of aryl methyl sites for hydroxylation is 1. The molecule has 6 heteroatoms. The Morgan fingerprint density at radius 2 is 2.05 bits per heavy atom. The van der Waals surface area contributed by atoms with Gasteiger partial charge in [-0.1, -0.05) is 18.2 Å². The lowest BCUT2D eigenvalue weighted by Crippen LogP contribution is -1.99. The van der Waals surface area contributed by atoms with E-state index in [9.17, 15) is 4.79 Å². The summed E-state index contributed by atoms with van der Waals surface area (Å²) >= 11 is 1.31. The quantitative estimate of drug-likeness (QED) is 0.697. The summed E-state index contributed by atoms with van der Waals surface area (Å²) in [5.41, 5.74) is 2.53. The maximum atomic E-state index is 11.6. The predicted molar refractivity (Wildman–Crippen MR) is 80.7 cm³/mol. The third-order valence-electron chi connectivity index (χ3n) is 3.02. The number of methoxy groups -OCH3 is 1. The van der Waals surface area contributed by atoms with E-state index in [0.717, 1.165) is 16.3 Å². The van der Waals surface area contributed by atoms with Crippen LogP contribution < -0.4 is 0 Å². The van der Waals surface area contributed by atoms with Gasteiger partial charge in [0.15, 0.2) is 0 Å². The van der Waals surface area contributed by atoms with Crippen molar-refractivity contribution in [2.45, 2.75) is 6.92 Å². The van der Waals surface area contributed by atoms with Crippen molar-refractivity contribution >= 4 is 17.3 Å². The van der Waals surface area contributed by atoms with Gasteiger partial charge in [0.1, 0.15) is 9.88 Å². The maximum absolute atomic E-state index is 11.6. The number of hydrogen-bond donors (Lipinski definition) is 0. The summed E-state index contributed by atoms with van der Waals surface area (Å²) in [5.74, 6) is -0.355. The number of ether oxygens (including phenoxy) is 1. The van der Waals surface area contributed by atoms with Crippen LogP contribution in [0.3, 0.4) is 0 Å². The molecule has 0 saturated carbocycles. The van der Waals surface area contributed by atoms with Crippen LogP contribution in [0.15, 0.2) is 42.7 Å². The van der Waals surface area contributed by atoms with Gasteiger partial charge < -0.3 is 4.74 Å². The number of aromatic nitrogens is 3. The number of rotatable bonds is 3. The Kier molecular flexibility index (Phi) is 3.53. The van der Waals surface area contributed by atoms with Gasteiger partial charge in [0.2, 0.25) is 0 Å². The fourth-order valence-electron chi connectivity index (χ4n) is 1.96. The Balaban J connectivity index is 1.96.